The number of furan rings is 1. The molecule has 0 fully saturated rings. The molecule has 0 spiro atoms. The molecule has 74 valence electrons. The van der Waals surface area contributed by atoms with Crippen LogP contribution in [-0.2, 0) is 6.54 Å². The summed E-state index contributed by atoms with van der Waals surface area (Å²) in [5.74, 6) is 2.64. The quantitative estimate of drug-likeness (QED) is 0.843. The molecule has 2 heterocycles. The predicted octanol–water partition coefficient (Wildman–Crippen LogP) is 2.36. The van der Waals surface area contributed by atoms with Gasteiger partial charge in [-0.1, -0.05) is 0 Å². The molecule has 0 aromatic carbocycles. The van der Waals surface area contributed by atoms with Gasteiger partial charge in [-0.25, -0.2) is 4.98 Å². The van der Waals surface area contributed by atoms with Crippen molar-refractivity contribution in [3.05, 3.63) is 29.5 Å². The Hall–Kier alpha value is -1.36. The maximum absolute atomic E-state index is 5.41. The Bertz CT molecular complexity index is 381. The van der Waals surface area contributed by atoms with Gasteiger partial charge in [0.15, 0.2) is 0 Å². The van der Waals surface area contributed by atoms with Crippen molar-refractivity contribution >= 4 is 16.7 Å². The molecule has 0 radical (unpaired) electrons. The third-order valence-electron chi connectivity index (χ3n) is 1.74. The zero-order chi connectivity index (χ0) is 9.97. The normalized spacial score (nSPS) is 10.4. The Labute approximate surface area is 86.1 Å². The topological polar surface area (TPSA) is 51.0 Å². The lowest BCUT2D eigenvalue weighted by molar-refractivity contribution is 0.490. The van der Waals surface area contributed by atoms with Gasteiger partial charge in [-0.15, -0.1) is 0 Å². The molecule has 0 aliphatic rings. The predicted molar refractivity (Wildman–Crippen MR) is 55.4 cm³/mol. The zero-order valence-electron chi connectivity index (χ0n) is 8.07. The van der Waals surface area contributed by atoms with E-state index in [0.29, 0.717) is 6.54 Å². The summed E-state index contributed by atoms with van der Waals surface area (Å²) in [6.45, 7) is 4.46. The van der Waals surface area contributed by atoms with Gasteiger partial charge in [0.25, 0.3) is 0 Å². The van der Waals surface area contributed by atoms with Crippen LogP contribution in [0.2, 0.25) is 0 Å². The number of anilines is 1. The average Bonchev–Trinajstić information content (AvgIpc) is 2.72. The fraction of sp³-hybridized carbons (Fsp3) is 0.333. The van der Waals surface area contributed by atoms with Crippen LogP contribution in [0.15, 0.2) is 16.5 Å². The summed E-state index contributed by atoms with van der Waals surface area (Å²) in [7, 11) is 0. The van der Waals surface area contributed by atoms with Crippen LogP contribution in [0.5, 0.6) is 0 Å². The van der Waals surface area contributed by atoms with Crippen molar-refractivity contribution in [2.45, 2.75) is 20.4 Å². The highest BCUT2D eigenvalue weighted by molar-refractivity contribution is 7.09. The Morgan fingerprint density at radius 2 is 2.29 bits per heavy atom. The van der Waals surface area contributed by atoms with Crippen LogP contribution in [0.3, 0.4) is 0 Å². The third kappa shape index (κ3) is 2.11. The lowest BCUT2D eigenvalue weighted by Gasteiger charge is -1.97. The summed E-state index contributed by atoms with van der Waals surface area (Å²) >= 11 is 1.36. The van der Waals surface area contributed by atoms with Crippen molar-refractivity contribution in [2.75, 3.05) is 5.32 Å². The summed E-state index contributed by atoms with van der Waals surface area (Å²) < 4.78 is 9.48. The van der Waals surface area contributed by atoms with Crippen LogP contribution in [-0.4, -0.2) is 9.36 Å². The molecule has 0 unspecified atom stereocenters. The van der Waals surface area contributed by atoms with E-state index in [1.165, 1.54) is 11.5 Å². The van der Waals surface area contributed by atoms with Gasteiger partial charge in [0.2, 0.25) is 5.13 Å². The first-order valence-corrected chi connectivity index (χ1v) is 5.11. The van der Waals surface area contributed by atoms with E-state index in [1.807, 2.05) is 26.0 Å². The van der Waals surface area contributed by atoms with Crippen molar-refractivity contribution in [1.82, 2.24) is 9.36 Å². The van der Waals surface area contributed by atoms with Gasteiger partial charge in [0, 0.05) is 11.5 Å². The molecule has 0 amide bonds. The molecule has 0 aliphatic carbocycles. The molecule has 5 heteroatoms. The monoisotopic (exact) mass is 209 g/mol. The first-order valence-electron chi connectivity index (χ1n) is 4.33. The number of rotatable bonds is 3. The van der Waals surface area contributed by atoms with Crippen molar-refractivity contribution in [2.24, 2.45) is 0 Å². The Balaban J connectivity index is 1.94. The van der Waals surface area contributed by atoms with E-state index in [4.69, 9.17) is 4.42 Å². The smallest absolute Gasteiger partial charge is 0.202 e. The van der Waals surface area contributed by atoms with E-state index in [2.05, 4.69) is 14.7 Å². The van der Waals surface area contributed by atoms with Crippen LogP contribution in [0.25, 0.3) is 0 Å². The highest BCUT2D eigenvalue weighted by atomic mass is 32.1. The Kier molecular flexibility index (Phi) is 2.49. The molecular weight excluding hydrogens is 198 g/mol. The largest absolute Gasteiger partial charge is 0.465 e. The van der Waals surface area contributed by atoms with Crippen molar-refractivity contribution in [3.63, 3.8) is 0 Å². The van der Waals surface area contributed by atoms with Crippen LogP contribution in [0.4, 0.5) is 5.13 Å². The molecule has 2 rings (SSSR count). The minimum absolute atomic E-state index is 0.655. The van der Waals surface area contributed by atoms with Crippen molar-refractivity contribution < 1.29 is 4.42 Å². The van der Waals surface area contributed by atoms with Crippen molar-refractivity contribution in [1.29, 1.82) is 0 Å². The molecule has 1 N–H and O–H groups in total. The summed E-state index contributed by atoms with van der Waals surface area (Å²) in [6.07, 6.45) is 0. The van der Waals surface area contributed by atoms with E-state index >= 15 is 0 Å². The Morgan fingerprint density at radius 3 is 2.86 bits per heavy atom. The van der Waals surface area contributed by atoms with Crippen LogP contribution in [0, 0.1) is 13.8 Å². The molecule has 2 aromatic heterocycles. The van der Waals surface area contributed by atoms with E-state index in [0.717, 1.165) is 22.5 Å². The highest BCUT2D eigenvalue weighted by Gasteiger charge is 2.01. The van der Waals surface area contributed by atoms with Gasteiger partial charge in [-0.3, -0.25) is 0 Å². The van der Waals surface area contributed by atoms with E-state index < -0.39 is 0 Å². The lowest BCUT2D eigenvalue weighted by atomic mass is 10.4. The fourth-order valence-electron chi connectivity index (χ4n) is 1.11. The van der Waals surface area contributed by atoms with E-state index in [1.54, 1.807) is 0 Å². The molecule has 0 atom stereocenters. The number of hydrogen-bond donors (Lipinski definition) is 1. The molecule has 0 aliphatic heterocycles. The van der Waals surface area contributed by atoms with Gasteiger partial charge in [0.1, 0.15) is 17.3 Å². The second-order valence-electron chi connectivity index (χ2n) is 3.01. The second kappa shape index (κ2) is 3.79. The van der Waals surface area contributed by atoms with Crippen LogP contribution >= 0.6 is 11.5 Å². The van der Waals surface area contributed by atoms with Gasteiger partial charge in [0.05, 0.1) is 6.54 Å². The maximum Gasteiger partial charge on any atom is 0.202 e. The van der Waals surface area contributed by atoms with Crippen molar-refractivity contribution in [3.8, 4) is 0 Å². The molecular formula is C9H11N3OS. The molecule has 4 nitrogen and oxygen atoms in total. The highest BCUT2D eigenvalue weighted by Crippen LogP contribution is 2.13. The minimum atomic E-state index is 0.655. The summed E-state index contributed by atoms with van der Waals surface area (Å²) in [4.78, 5) is 4.19. The third-order valence-corrected chi connectivity index (χ3v) is 2.50. The zero-order valence-corrected chi connectivity index (χ0v) is 8.89. The molecule has 0 saturated heterocycles. The van der Waals surface area contributed by atoms with Crippen LogP contribution in [0.1, 0.15) is 17.3 Å². The van der Waals surface area contributed by atoms with Gasteiger partial charge >= 0.3 is 0 Å². The number of aromatic nitrogens is 2. The summed E-state index contributed by atoms with van der Waals surface area (Å²) in [5.41, 5.74) is 0. The number of aryl methyl sites for hydroxylation is 2. The van der Waals surface area contributed by atoms with Gasteiger partial charge in [-0.05, 0) is 26.0 Å². The first kappa shape index (κ1) is 9.21. The molecule has 14 heavy (non-hydrogen) atoms. The second-order valence-corrected chi connectivity index (χ2v) is 3.76. The average molecular weight is 209 g/mol. The standard InChI is InChI=1S/C9H11N3OS/c1-6-3-4-8(13-6)5-10-9-11-7(2)12-14-9/h3-4H,5H2,1-2H3,(H,10,11,12). The Morgan fingerprint density at radius 1 is 1.43 bits per heavy atom. The molecule has 0 saturated carbocycles. The maximum atomic E-state index is 5.41. The molecule has 0 bridgehead atoms. The first-order chi connectivity index (χ1) is 6.74. The van der Waals surface area contributed by atoms with E-state index in [-0.39, 0.29) is 0 Å². The lowest BCUT2D eigenvalue weighted by Crippen LogP contribution is -1.97. The molecule has 2 aromatic rings. The van der Waals surface area contributed by atoms with Gasteiger partial charge < -0.3 is 9.73 Å². The number of nitrogens with one attached hydrogen (secondary N) is 1. The summed E-state index contributed by atoms with van der Waals surface area (Å²) in [6, 6.07) is 3.90. The van der Waals surface area contributed by atoms with Crippen LogP contribution < -0.4 is 5.32 Å². The number of nitrogens with zero attached hydrogens (tertiary/aromatic N) is 2. The van der Waals surface area contributed by atoms with E-state index in [9.17, 15) is 0 Å². The summed E-state index contributed by atoms with van der Waals surface area (Å²) in [5, 5.41) is 3.98. The fourth-order valence-corrected chi connectivity index (χ4v) is 1.68. The number of hydrogen-bond acceptors (Lipinski definition) is 5. The SMILES string of the molecule is Cc1nsc(NCc2ccc(C)o2)n1. The minimum Gasteiger partial charge on any atom is -0.465 e. The van der Waals surface area contributed by atoms with Gasteiger partial charge in [-0.2, -0.15) is 4.37 Å².